The Labute approximate surface area is 119 Å². The summed E-state index contributed by atoms with van der Waals surface area (Å²) in [5.41, 5.74) is 0.453. The minimum Gasteiger partial charge on any atom is -0.349 e. The second-order valence-electron chi connectivity index (χ2n) is 5.25. The predicted octanol–water partition coefficient (Wildman–Crippen LogP) is 3.42. The zero-order valence-corrected chi connectivity index (χ0v) is 12.2. The average Bonchev–Trinajstić information content (AvgIpc) is 2.94. The number of aromatic nitrogens is 1. The zero-order chi connectivity index (χ0) is 12.7. The smallest absolute Gasteiger partial charge is 0.254 e. The van der Waals surface area contributed by atoms with Gasteiger partial charge in [-0.05, 0) is 53.1 Å². The number of nitrogens with zero attached hydrogens (tertiary/aromatic N) is 1. The topological polar surface area (TPSA) is 42.0 Å². The van der Waals surface area contributed by atoms with Crippen molar-refractivity contribution >= 4 is 33.4 Å². The van der Waals surface area contributed by atoms with Crippen LogP contribution >= 0.6 is 27.5 Å². The molecule has 0 saturated heterocycles. The van der Waals surface area contributed by atoms with Crippen molar-refractivity contribution in [2.75, 3.05) is 0 Å². The Hall–Kier alpha value is -0.610. The molecule has 0 spiro atoms. The van der Waals surface area contributed by atoms with E-state index in [4.69, 9.17) is 11.6 Å². The number of hydrogen-bond acceptors (Lipinski definition) is 2. The van der Waals surface area contributed by atoms with Gasteiger partial charge in [0.2, 0.25) is 0 Å². The van der Waals surface area contributed by atoms with Gasteiger partial charge >= 0.3 is 0 Å². The highest BCUT2D eigenvalue weighted by molar-refractivity contribution is 9.10. The number of hydrogen-bond donors (Lipinski definition) is 1. The first kappa shape index (κ1) is 12.4. The van der Waals surface area contributed by atoms with Crippen molar-refractivity contribution in [3.63, 3.8) is 0 Å². The van der Waals surface area contributed by atoms with Crippen LogP contribution in [0.3, 0.4) is 0 Å². The molecule has 3 atom stereocenters. The van der Waals surface area contributed by atoms with Crippen LogP contribution in [0.4, 0.5) is 0 Å². The Bertz CT molecular complexity index is 494. The third-order valence-corrected chi connectivity index (χ3v) is 4.84. The summed E-state index contributed by atoms with van der Waals surface area (Å²) >= 11 is 9.27. The summed E-state index contributed by atoms with van der Waals surface area (Å²) in [6, 6.07) is 2.05. The number of carbonyl (C=O) groups is 1. The van der Waals surface area contributed by atoms with Gasteiger partial charge in [-0.2, -0.15) is 0 Å². The van der Waals surface area contributed by atoms with E-state index in [0.29, 0.717) is 17.5 Å². The first-order valence-electron chi connectivity index (χ1n) is 6.25. The molecule has 3 nitrogen and oxygen atoms in total. The van der Waals surface area contributed by atoms with Gasteiger partial charge in [0.25, 0.3) is 5.91 Å². The van der Waals surface area contributed by atoms with Crippen molar-refractivity contribution in [1.29, 1.82) is 0 Å². The maximum Gasteiger partial charge on any atom is 0.254 e. The predicted molar refractivity (Wildman–Crippen MR) is 73.6 cm³/mol. The molecule has 1 aromatic rings. The molecule has 1 N–H and O–H groups in total. The molecule has 2 aliphatic rings. The van der Waals surface area contributed by atoms with Gasteiger partial charge in [-0.25, -0.2) is 4.98 Å². The largest absolute Gasteiger partial charge is 0.349 e. The number of pyridine rings is 1. The lowest BCUT2D eigenvalue weighted by Gasteiger charge is -2.23. The minimum absolute atomic E-state index is 0.105. The van der Waals surface area contributed by atoms with Crippen molar-refractivity contribution in [1.82, 2.24) is 10.3 Å². The van der Waals surface area contributed by atoms with Crippen LogP contribution in [-0.4, -0.2) is 16.9 Å². The summed E-state index contributed by atoms with van der Waals surface area (Å²) in [5.74, 6) is 1.38. The Balaban J connectivity index is 1.73. The van der Waals surface area contributed by atoms with Gasteiger partial charge in [0.15, 0.2) is 0 Å². The van der Waals surface area contributed by atoms with E-state index < -0.39 is 0 Å². The van der Waals surface area contributed by atoms with Crippen molar-refractivity contribution in [3.05, 3.63) is 27.5 Å². The fourth-order valence-corrected chi connectivity index (χ4v) is 3.77. The number of fused-ring (bicyclic) bond motifs is 2. The molecule has 0 aromatic carbocycles. The summed E-state index contributed by atoms with van der Waals surface area (Å²) in [4.78, 5) is 16.2. The highest BCUT2D eigenvalue weighted by atomic mass is 79.9. The summed E-state index contributed by atoms with van der Waals surface area (Å²) < 4.78 is 0.769. The van der Waals surface area contributed by atoms with Crippen LogP contribution in [0.15, 0.2) is 16.7 Å². The van der Waals surface area contributed by atoms with Gasteiger partial charge in [0.1, 0.15) is 5.15 Å². The first-order valence-corrected chi connectivity index (χ1v) is 7.42. The molecule has 3 rings (SSSR count). The van der Waals surface area contributed by atoms with Crippen LogP contribution in [0.2, 0.25) is 5.15 Å². The molecular formula is C13H14BrClN2O. The Kier molecular flexibility index (Phi) is 3.32. The van der Waals surface area contributed by atoms with E-state index in [1.807, 2.05) is 0 Å². The maximum atomic E-state index is 12.2. The number of amides is 1. The molecule has 2 bridgehead atoms. The minimum atomic E-state index is -0.105. The third-order valence-electron chi connectivity index (χ3n) is 4.10. The van der Waals surface area contributed by atoms with Crippen LogP contribution in [0.1, 0.15) is 36.0 Å². The molecule has 2 aliphatic carbocycles. The summed E-state index contributed by atoms with van der Waals surface area (Å²) in [6.07, 6.45) is 6.57. The van der Waals surface area contributed by atoms with E-state index in [1.165, 1.54) is 19.3 Å². The van der Waals surface area contributed by atoms with E-state index in [1.54, 1.807) is 12.3 Å². The molecule has 0 aliphatic heterocycles. The number of carbonyl (C=O) groups excluding carboxylic acids is 1. The maximum absolute atomic E-state index is 12.2. The van der Waals surface area contributed by atoms with Crippen molar-refractivity contribution < 1.29 is 4.79 Å². The standard InChI is InChI=1S/C13H14BrClN2O/c14-9-5-10(12(15)16-6-9)13(18)17-11-4-7-1-2-8(11)3-7/h5-8,11H,1-4H2,(H,17,18). The molecule has 5 heteroatoms. The first-order chi connectivity index (χ1) is 8.63. The fourth-order valence-electron chi connectivity index (χ4n) is 3.25. The molecule has 1 amide bonds. The average molecular weight is 330 g/mol. The second kappa shape index (κ2) is 4.82. The van der Waals surface area contributed by atoms with Crippen LogP contribution in [0.25, 0.3) is 0 Å². The highest BCUT2D eigenvalue weighted by Crippen LogP contribution is 2.44. The van der Waals surface area contributed by atoms with Gasteiger partial charge in [-0.15, -0.1) is 0 Å². The molecule has 18 heavy (non-hydrogen) atoms. The number of halogens is 2. The van der Waals surface area contributed by atoms with E-state index in [-0.39, 0.29) is 11.1 Å². The molecule has 3 unspecified atom stereocenters. The molecule has 2 saturated carbocycles. The van der Waals surface area contributed by atoms with Gasteiger partial charge < -0.3 is 5.32 Å². The molecular weight excluding hydrogens is 316 g/mol. The third kappa shape index (κ3) is 2.28. The van der Waals surface area contributed by atoms with E-state index in [0.717, 1.165) is 16.8 Å². The lowest BCUT2D eigenvalue weighted by molar-refractivity contribution is 0.0922. The summed E-state index contributed by atoms with van der Waals surface area (Å²) in [5, 5.41) is 3.37. The molecule has 0 radical (unpaired) electrons. The molecule has 96 valence electrons. The van der Waals surface area contributed by atoms with Crippen molar-refractivity contribution in [2.45, 2.75) is 31.7 Å². The van der Waals surface area contributed by atoms with Gasteiger partial charge in [-0.3, -0.25) is 4.79 Å². The van der Waals surface area contributed by atoms with Crippen LogP contribution < -0.4 is 5.32 Å². The molecule has 1 heterocycles. The summed E-state index contributed by atoms with van der Waals surface area (Å²) in [6.45, 7) is 0. The number of nitrogens with one attached hydrogen (secondary N) is 1. The lowest BCUT2D eigenvalue weighted by Crippen LogP contribution is -2.38. The van der Waals surface area contributed by atoms with Gasteiger partial charge in [0.05, 0.1) is 5.56 Å². The Morgan fingerprint density at radius 3 is 2.94 bits per heavy atom. The zero-order valence-electron chi connectivity index (χ0n) is 9.83. The van der Waals surface area contributed by atoms with Crippen molar-refractivity contribution in [2.24, 2.45) is 11.8 Å². The van der Waals surface area contributed by atoms with Crippen LogP contribution in [-0.2, 0) is 0 Å². The van der Waals surface area contributed by atoms with Crippen molar-refractivity contribution in [3.8, 4) is 0 Å². The lowest BCUT2D eigenvalue weighted by atomic mass is 9.95. The fraction of sp³-hybridized carbons (Fsp3) is 0.538. The monoisotopic (exact) mass is 328 g/mol. The number of rotatable bonds is 2. The van der Waals surface area contributed by atoms with E-state index in [9.17, 15) is 4.79 Å². The van der Waals surface area contributed by atoms with Crippen LogP contribution in [0.5, 0.6) is 0 Å². The van der Waals surface area contributed by atoms with Crippen LogP contribution in [0, 0.1) is 11.8 Å². The molecule has 2 fully saturated rings. The SMILES string of the molecule is O=C(NC1CC2CCC1C2)c1cc(Br)cnc1Cl. The van der Waals surface area contributed by atoms with Gasteiger partial charge in [0, 0.05) is 16.7 Å². The van der Waals surface area contributed by atoms with Gasteiger partial charge in [-0.1, -0.05) is 18.0 Å². The normalized spacial score (nSPS) is 29.6. The highest BCUT2D eigenvalue weighted by Gasteiger charge is 2.40. The second-order valence-corrected chi connectivity index (χ2v) is 6.52. The Morgan fingerprint density at radius 1 is 1.44 bits per heavy atom. The summed E-state index contributed by atoms with van der Waals surface area (Å²) in [7, 11) is 0. The Morgan fingerprint density at radius 2 is 2.28 bits per heavy atom. The van der Waals surface area contributed by atoms with E-state index >= 15 is 0 Å². The van der Waals surface area contributed by atoms with E-state index in [2.05, 4.69) is 26.2 Å². The molecule has 1 aromatic heterocycles. The quantitative estimate of drug-likeness (QED) is 0.845.